The summed E-state index contributed by atoms with van der Waals surface area (Å²) in [7, 11) is -2.20. The smallest absolute Gasteiger partial charge is 0.413 e. The number of benzene rings is 1. The molecule has 2 atom stereocenters. The molecule has 1 aromatic rings. The molecule has 3 rings (SSSR count). The number of allylic oxidation sites excluding steroid dienone is 4. The van der Waals surface area contributed by atoms with Gasteiger partial charge in [0.2, 0.25) is 0 Å². The van der Waals surface area contributed by atoms with Gasteiger partial charge in [-0.05, 0) is 114 Å². The van der Waals surface area contributed by atoms with Gasteiger partial charge in [-0.1, -0.05) is 97.4 Å². The van der Waals surface area contributed by atoms with Crippen LogP contribution in [0.15, 0.2) is 42.0 Å². The Balaban J connectivity index is 2.01. The molecule has 5 heteroatoms. The second kappa shape index (κ2) is 12.2. The average Bonchev–Trinajstić information content (AvgIpc) is 3.09. The van der Waals surface area contributed by atoms with Crippen LogP contribution in [0.2, 0.25) is 23.4 Å². The van der Waals surface area contributed by atoms with Crippen LogP contribution in [0.5, 0.6) is 0 Å². The molecule has 2 unspecified atom stereocenters. The molecule has 2 aliphatic rings. The normalized spacial score (nSPS) is 23.4. The van der Waals surface area contributed by atoms with Crippen molar-refractivity contribution in [3.05, 3.63) is 58.7 Å². The van der Waals surface area contributed by atoms with E-state index in [-0.39, 0.29) is 45.6 Å². The summed E-state index contributed by atoms with van der Waals surface area (Å²) in [6.45, 7) is 36.7. The number of hydrogen-bond acceptors (Lipinski definition) is 3. The highest BCUT2D eigenvalue weighted by molar-refractivity contribution is 6.74. The molecule has 1 heterocycles. The zero-order valence-electron chi connectivity index (χ0n) is 30.9. The standard InChI is InChI=1S/C38H65BO3Si/c1-17-37(18-2,38(25-19-20-28(3)27-38)39-41-35(11,12)36(13,14)42-39)31-23-21-30(29(4)26-31)22-24-32(33(5,6)7)40-43(15,16)34(8,9)10/h19-21,23,25-26,32H,17-18,22,24,27H2,1-16H3. The fourth-order valence-electron chi connectivity index (χ4n) is 7.08. The molecule has 0 saturated carbocycles. The fourth-order valence-corrected chi connectivity index (χ4v) is 8.62. The van der Waals surface area contributed by atoms with E-state index in [1.54, 1.807) is 0 Å². The molecular formula is C38H65BO3Si. The average molecular weight is 609 g/mol. The monoisotopic (exact) mass is 608 g/mol. The highest BCUT2D eigenvalue weighted by Gasteiger charge is 2.65. The van der Waals surface area contributed by atoms with Crippen molar-refractivity contribution in [2.45, 2.75) is 175 Å². The van der Waals surface area contributed by atoms with Crippen molar-refractivity contribution in [3.8, 4) is 0 Å². The minimum absolute atomic E-state index is 0.0941. The van der Waals surface area contributed by atoms with E-state index in [9.17, 15) is 0 Å². The molecule has 0 spiro atoms. The molecule has 1 aromatic carbocycles. The van der Waals surface area contributed by atoms with Crippen LogP contribution in [-0.2, 0) is 25.6 Å². The number of hydrogen-bond donors (Lipinski definition) is 0. The zero-order chi connectivity index (χ0) is 32.9. The second-order valence-electron chi connectivity index (χ2n) is 17.4. The highest BCUT2D eigenvalue weighted by atomic mass is 28.4. The molecule has 0 amide bonds. The summed E-state index contributed by atoms with van der Waals surface area (Å²) in [6.07, 6.45) is 12.2. The van der Waals surface area contributed by atoms with Crippen LogP contribution in [0.1, 0.15) is 132 Å². The maximum atomic E-state index is 7.03. The van der Waals surface area contributed by atoms with Crippen molar-refractivity contribution < 1.29 is 13.7 Å². The molecule has 1 aliphatic carbocycles. The number of aryl methyl sites for hydroxylation is 2. The van der Waals surface area contributed by atoms with E-state index in [0.717, 1.165) is 32.1 Å². The second-order valence-corrected chi connectivity index (χ2v) is 22.1. The van der Waals surface area contributed by atoms with Crippen molar-refractivity contribution in [1.82, 2.24) is 0 Å². The molecule has 0 aromatic heterocycles. The lowest BCUT2D eigenvalue weighted by molar-refractivity contribution is 0.00578. The SMILES string of the molecule is CCC(CC)(c1ccc(CCC(O[Si](C)(C)C(C)(C)C)C(C)(C)C)c(C)c1)C1(B2OC(C)(C)C(C)(C)O2)C=CC=C(C)C1. The maximum absolute atomic E-state index is 7.03. The van der Waals surface area contributed by atoms with Crippen LogP contribution in [0.3, 0.4) is 0 Å². The van der Waals surface area contributed by atoms with E-state index in [4.69, 9.17) is 13.7 Å². The largest absolute Gasteiger partial charge is 0.469 e. The molecule has 43 heavy (non-hydrogen) atoms. The van der Waals surface area contributed by atoms with Gasteiger partial charge >= 0.3 is 7.12 Å². The fraction of sp³-hybridized carbons (Fsp3) is 0.737. The van der Waals surface area contributed by atoms with E-state index in [1.807, 2.05) is 0 Å². The first-order valence-electron chi connectivity index (χ1n) is 17.0. The van der Waals surface area contributed by atoms with Gasteiger partial charge in [0.05, 0.1) is 17.3 Å². The van der Waals surface area contributed by atoms with Gasteiger partial charge in [-0.2, -0.15) is 0 Å². The van der Waals surface area contributed by atoms with Gasteiger partial charge in [-0.25, -0.2) is 0 Å². The van der Waals surface area contributed by atoms with Crippen LogP contribution in [-0.4, -0.2) is 32.7 Å². The Kier molecular flexibility index (Phi) is 10.3. The summed E-state index contributed by atoms with van der Waals surface area (Å²) in [4.78, 5) is 0. The first kappa shape index (κ1) is 36.3. The number of rotatable bonds is 10. The van der Waals surface area contributed by atoms with Gasteiger partial charge in [0.25, 0.3) is 0 Å². The van der Waals surface area contributed by atoms with Crippen LogP contribution in [0.4, 0.5) is 0 Å². The molecular weight excluding hydrogens is 543 g/mol. The Labute approximate surface area is 267 Å². The van der Waals surface area contributed by atoms with Crippen LogP contribution in [0, 0.1) is 12.3 Å². The minimum Gasteiger partial charge on any atom is -0.413 e. The van der Waals surface area contributed by atoms with Crippen molar-refractivity contribution in [2.75, 3.05) is 0 Å². The Bertz CT molecular complexity index is 1180. The van der Waals surface area contributed by atoms with Crippen molar-refractivity contribution in [2.24, 2.45) is 5.41 Å². The Hall–Kier alpha value is -1.14. The Morgan fingerprint density at radius 1 is 0.930 bits per heavy atom. The lowest BCUT2D eigenvalue weighted by Crippen LogP contribution is -2.50. The van der Waals surface area contributed by atoms with Gasteiger partial charge < -0.3 is 13.7 Å². The third kappa shape index (κ3) is 6.86. The van der Waals surface area contributed by atoms with Gasteiger partial charge in [-0.15, -0.1) is 0 Å². The zero-order valence-corrected chi connectivity index (χ0v) is 31.9. The van der Waals surface area contributed by atoms with Crippen molar-refractivity contribution >= 4 is 15.4 Å². The quantitative estimate of drug-likeness (QED) is 0.247. The highest BCUT2D eigenvalue weighted by Crippen LogP contribution is 2.63. The predicted octanol–water partition coefficient (Wildman–Crippen LogP) is 11.2. The minimum atomic E-state index is -1.88. The van der Waals surface area contributed by atoms with Crippen LogP contribution in [0.25, 0.3) is 0 Å². The summed E-state index contributed by atoms with van der Waals surface area (Å²) in [5, 5.41) is -0.103. The topological polar surface area (TPSA) is 27.7 Å². The summed E-state index contributed by atoms with van der Waals surface area (Å²) in [6, 6.07) is 7.31. The summed E-state index contributed by atoms with van der Waals surface area (Å²) in [5.41, 5.74) is 4.79. The first-order valence-corrected chi connectivity index (χ1v) is 19.9. The van der Waals surface area contributed by atoms with E-state index >= 15 is 0 Å². The predicted molar refractivity (Wildman–Crippen MR) is 190 cm³/mol. The van der Waals surface area contributed by atoms with E-state index in [2.05, 4.69) is 146 Å². The third-order valence-electron chi connectivity index (χ3n) is 11.9. The van der Waals surface area contributed by atoms with E-state index in [1.165, 1.54) is 22.3 Å². The van der Waals surface area contributed by atoms with E-state index in [0.29, 0.717) is 0 Å². The molecule has 3 nitrogen and oxygen atoms in total. The summed E-state index contributed by atoms with van der Waals surface area (Å²) < 4.78 is 20.8. The maximum Gasteiger partial charge on any atom is 0.469 e. The molecule has 0 bridgehead atoms. The molecule has 1 aliphatic heterocycles. The molecule has 0 N–H and O–H groups in total. The molecule has 242 valence electrons. The lowest BCUT2D eigenvalue weighted by Gasteiger charge is -2.51. The van der Waals surface area contributed by atoms with E-state index < -0.39 is 8.32 Å². The van der Waals surface area contributed by atoms with Gasteiger partial charge in [0.15, 0.2) is 8.32 Å². The third-order valence-corrected chi connectivity index (χ3v) is 16.4. The van der Waals surface area contributed by atoms with Crippen molar-refractivity contribution in [1.29, 1.82) is 0 Å². The van der Waals surface area contributed by atoms with Crippen LogP contribution < -0.4 is 0 Å². The van der Waals surface area contributed by atoms with Gasteiger partial charge in [0.1, 0.15) is 0 Å². The molecule has 1 saturated heterocycles. The lowest BCUT2D eigenvalue weighted by atomic mass is 9.39. The summed E-state index contributed by atoms with van der Waals surface area (Å²) >= 11 is 0. The Morgan fingerprint density at radius 3 is 1.93 bits per heavy atom. The molecule has 0 radical (unpaired) electrons. The molecule has 1 fully saturated rings. The van der Waals surface area contributed by atoms with Crippen molar-refractivity contribution in [3.63, 3.8) is 0 Å². The summed E-state index contributed by atoms with van der Waals surface area (Å²) in [5.74, 6) is 0. The Morgan fingerprint density at radius 2 is 1.49 bits per heavy atom. The van der Waals surface area contributed by atoms with Crippen LogP contribution >= 0.6 is 0 Å². The first-order chi connectivity index (χ1) is 19.5. The van der Waals surface area contributed by atoms with Gasteiger partial charge in [0, 0.05) is 10.7 Å². The van der Waals surface area contributed by atoms with Gasteiger partial charge in [-0.3, -0.25) is 0 Å².